The number of rotatable bonds is 4. The smallest absolute Gasteiger partial charge is 0.106 e. The molecule has 0 spiro atoms. The molecule has 0 atom stereocenters. The number of hydrogen-bond donors (Lipinski definition) is 1. The van der Waals surface area contributed by atoms with E-state index in [4.69, 9.17) is 18.0 Å². The van der Waals surface area contributed by atoms with Gasteiger partial charge in [0.2, 0.25) is 0 Å². The van der Waals surface area contributed by atoms with E-state index in [0.717, 1.165) is 17.8 Å². The van der Waals surface area contributed by atoms with Gasteiger partial charge in [-0.2, -0.15) is 11.3 Å². The summed E-state index contributed by atoms with van der Waals surface area (Å²) in [6, 6.07) is 8.30. The van der Waals surface area contributed by atoms with Crippen LogP contribution in [0.2, 0.25) is 0 Å². The van der Waals surface area contributed by atoms with Crippen LogP contribution in [0.25, 0.3) is 0 Å². The van der Waals surface area contributed by atoms with Crippen molar-refractivity contribution in [2.24, 2.45) is 5.73 Å². The Bertz CT molecular complexity index is 547. The minimum Gasteiger partial charge on any atom is -0.389 e. The average Bonchev–Trinajstić information content (AvgIpc) is 2.81. The number of benzene rings is 1. The number of thiophene rings is 1. The third-order valence-corrected chi connectivity index (χ3v) is 3.78. The van der Waals surface area contributed by atoms with E-state index in [1.807, 2.05) is 12.1 Å². The molecule has 0 saturated heterocycles. The summed E-state index contributed by atoms with van der Waals surface area (Å²) in [5.41, 5.74) is 10.3. The molecule has 2 nitrogen and oxygen atoms in total. The largest absolute Gasteiger partial charge is 0.389 e. The third-order valence-electron chi connectivity index (χ3n) is 2.83. The predicted octanol–water partition coefficient (Wildman–Crippen LogP) is 3.33. The molecule has 0 radical (unpaired) electrons. The zero-order valence-corrected chi connectivity index (χ0v) is 12.1. The molecule has 0 amide bonds. The molecule has 4 heteroatoms. The summed E-state index contributed by atoms with van der Waals surface area (Å²) in [6.07, 6.45) is 0. The van der Waals surface area contributed by atoms with Crippen LogP contribution in [-0.2, 0) is 6.54 Å². The highest BCUT2D eigenvalue weighted by atomic mass is 32.1. The van der Waals surface area contributed by atoms with Crippen LogP contribution >= 0.6 is 23.6 Å². The van der Waals surface area contributed by atoms with E-state index >= 15 is 0 Å². The lowest BCUT2D eigenvalue weighted by Gasteiger charge is -2.22. The van der Waals surface area contributed by atoms with Crippen LogP contribution in [0.3, 0.4) is 0 Å². The molecule has 0 aliphatic rings. The first-order valence-corrected chi connectivity index (χ1v) is 7.05. The fourth-order valence-electron chi connectivity index (χ4n) is 1.91. The van der Waals surface area contributed by atoms with E-state index in [9.17, 15) is 0 Å². The SMILES string of the molecule is Cc1ccc(C(N)=S)c(N(C)Cc2ccsc2)c1. The summed E-state index contributed by atoms with van der Waals surface area (Å²) < 4.78 is 0. The molecular formula is C14H16N2S2. The number of hydrogen-bond acceptors (Lipinski definition) is 3. The summed E-state index contributed by atoms with van der Waals surface area (Å²) in [6.45, 7) is 2.94. The van der Waals surface area contributed by atoms with E-state index in [1.54, 1.807) is 11.3 Å². The highest BCUT2D eigenvalue weighted by Gasteiger charge is 2.10. The van der Waals surface area contributed by atoms with Crippen LogP contribution in [0, 0.1) is 6.92 Å². The molecule has 1 aromatic carbocycles. The Hall–Kier alpha value is -1.39. The molecule has 2 aromatic rings. The van der Waals surface area contributed by atoms with Gasteiger partial charge in [-0.25, -0.2) is 0 Å². The van der Waals surface area contributed by atoms with Crippen molar-refractivity contribution in [1.82, 2.24) is 0 Å². The Balaban J connectivity index is 2.31. The second-order valence-electron chi connectivity index (χ2n) is 4.37. The Morgan fingerprint density at radius 3 is 2.78 bits per heavy atom. The van der Waals surface area contributed by atoms with E-state index < -0.39 is 0 Å². The van der Waals surface area contributed by atoms with Gasteiger partial charge in [0.25, 0.3) is 0 Å². The van der Waals surface area contributed by atoms with Gasteiger partial charge in [0.15, 0.2) is 0 Å². The van der Waals surface area contributed by atoms with E-state index in [0.29, 0.717) is 4.99 Å². The van der Waals surface area contributed by atoms with Gasteiger partial charge in [0.1, 0.15) is 4.99 Å². The number of nitrogens with two attached hydrogens (primary N) is 1. The molecule has 0 saturated carbocycles. The van der Waals surface area contributed by atoms with Crippen molar-refractivity contribution in [1.29, 1.82) is 0 Å². The van der Waals surface area contributed by atoms with Gasteiger partial charge >= 0.3 is 0 Å². The molecule has 2 rings (SSSR count). The van der Waals surface area contributed by atoms with Crippen molar-refractivity contribution in [2.75, 3.05) is 11.9 Å². The molecule has 1 aromatic heterocycles. The maximum atomic E-state index is 5.78. The topological polar surface area (TPSA) is 29.3 Å². The zero-order valence-electron chi connectivity index (χ0n) is 10.5. The summed E-state index contributed by atoms with van der Waals surface area (Å²) >= 11 is 6.83. The lowest BCUT2D eigenvalue weighted by atomic mass is 10.1. The van der Waals surface area contributed by atoms with Crippen LogP contribution in [-0.4, -0.2) is 12.0 Å². The van der Waals surface area contributed by atoms with Crippen LogP contribution in [0.4, 0.5) is 5.69 Å². The maximum Gasteiger partial charge on any atom is 0.106 e. The number of nitrogens with zero attached hydrogens (tertiary/aromatic N) is 1. The molecule has 94 valence electrons. The van der Waals surface area contributed by atoms with Crippen LogP contribution < -0.4 is 10.6 Å². The van der Waals surface area contributed by atoms with Gasteiger partial charge in [0.05, 0.1) is 0 Å². The number of aryl methyl sites for hydroxylation is 1. The van der Waals surface area contributed by atoms with Crippen LogP contribution in [0.15, 0.2) is 35.0 Å². The first kappa shape index (κ1) is 13.1. The van der Waals surface area contributed by atoms with Gasteiger partial charge in [-0.3, -0.25) is 0 Å². The quantitative estimate of drug-likeness (QED) is 0.869. The highest BCUT2D eigenvalue weighted by molar-refractivity contribution is 7.80. The van der Waals surface area contributed by atoms with Gasteiger partial charge < -0.3 is 10.6 Å². The standard InChI is InChI=1S/C14H16N2S2/c1-10-3-4-12(14(15)17)13(7-10)16(2)8-11-5-6-18-9-11/h3-7,9H,8H2,1-2H3,(H2,15,17). The maximum absolute atomic E-state index is 5.78. The van der Waals surface area contributed by atoms with Gasteiger partial charge in [-0.1, -0.05) is 18.3 Å². The van der Waals surface area contributed by atoms with Gasteiger partial charge in [0, 0.05) is 24.8 Å². The second kappa shape index (κ2) is 5.50. The van der Waals surface area contributed by atoms with Gasteiger partial charge in [-0.05, 0) is 47.0 Å². The summed E-state index contributed by atoms with van der Waals surface area (Å²) in [5, 5.41) is 4.25. The first-order chi connectivity index (χ1) is 8.58. The van der Waals surface area contributed by atoms with Crippen LogP contribution in [0.5, 0.6) is 0 Å². The van der Waals surface area contributed by atoms with Crippen molar-refractivity contribution in [3.8, 4) is 0 Å². The average molecular weight is 276 g/mol. The third kappa shape index (κ3) is 2.89. The minimum absolute atomic E-state index is 0.446. The molecule has 0 unspecified atom stereocenters. The Kier molecular flexibility index (Phi) is 3.99. The normalized spacial score (nSPS) is 10.3. The van der Waals surface area contributed by atoms with Crippen molar-refractivity contribution in [3.05, 3.63) is 51.7 Å². The number of anilines is 1. The van der Waals surface area contributed by atoms with Crippen molar-refractivity contribution >= 4 is 34.2 Å². The summed E-state index contributed by atoms with van der Waals surface area (Å²) in [4.78, 5) is 2.63. The predicted molar refractivity (Wildman–Crippen MR) is 83.5 cm³/mol. The van der Waals surface area contributed by atoms with Crippen molar-refractivity contribution < 1.29 is 0 Å². The summed E-state index contributed by atoms with van der Waals surface area (Å²) in [5.74, 6) is 0. The second-order valence-corrected chi connectivity index (χ2v) is 5.59. The van der Waals surface area contributed by atoms with E-state index in [2.05, 4.69) is 41.8 Å². The molecule has 0 bridgehead atoms. The molecule has 18 heavy (non-hydrogen) atoms. The molecule has 0 aliphatic carbocycles. The van der Waals surface area contributed by atoms with E-state index in [-0.39, 0.29) is 0 Å². The number of thiocarbonyl (C=S) groups is 1. The zero-order chi connectivity index (χ0) is 13.1. The molecule has 1 heterocycles. The minimum atomic E-state index is 0.446. The lowest BCUT2D eigenvalue weighted by Crippen LogP contribution is -2.21. The first-order valence-electron chi connectivity index (χ1n) is 5.70. The van der Waals surface area contributed by atoms with Crippen molar-refractivity contribution in [2.45, 2.75) is 13.5 Å². The van der Waals surface area contributed by atoms with Gasteiger partial charge in [-0.15, -0.1) is 0 Å². The fraction of sp³-hybridized carbons (Fsp3) is 0.214. The summed E-state index contributed by atoms with van der Waals surface area (Å²) in [7, 11) is 2.06. The molecule has 2 N–H and O–H groups in total. The van der Waals surface area contributed by atoms with E-state index in [1.165, 1.54) is 11.1 Å². The molecular weight excluding hydrogens is 260 g/mol. The fourth-order valence-corrected chi connectivity index (χ4v) is 2.74. The Morgan fingerprint density at radius 2 is 2.17 bits per heavy atom. The Morgan fingerprint density at radius 1 is 1.39 bits per heavy atom. The lowest BCUT2D eigenvalue weighted by molar-refractivity contribution is 0.925. The van der Waals surface area contributed by atoms with Crippen LogP contribution in [0.1, 0.15) is 16.7 Å². The van der Waals surface area contributed by atoms with Crippen molar-refractivity contribution in [3.63, 3.8) is 0 Å². The molecule has 0 aliphatic heterocycles. The highest BCUT2D eigenvalue weighted by Crippen LogP contribution is 2.23. The molecule has 0 fully saturated rings. The Labute approximate surface area is 117 Å². The monoisotopic (exact) mass is 276 g/mol.